The molecule has 1 aromatic carbocycles. The minimum atomic E-state index is -0.319. The second-order valence-electron chi connectivity index (χ2n) is 7.61. The third-order valence-corrected chi connectivity index (χ3v) is 7.73. The van der Waals surface area contributed by atoms with Crippen molar-refractivity contribution in [1.29, 1.82) is 5.26 Å². The van der Waals surface area contributed by atoms with E-state index in [1.165, 1.54) is 11.8 Å². The second kappa shape index (κ2) is 9.89. The number of halogens is 1. The number of rotatable bonds is 5. The number of anilines is 1. The molecule has 0 radical (unpaired) electrons. The summed E-state index contributed by atoms with van der Waals surface area (Å²) in [5.74, 6) is 0.714. The number of thiazole rings is 1. The molecular weight excluding hydrogens is 462 g/mol. The van der Waals surface area contributed by atoms with Crippen LogP contribution in [0.2, 0.25) is 5.02 Å². The minimum absolute atomic E-state index is 0.0255. The molecule has 4 rings (SSSR count). The number of nitriles is 1. The Morgan fingerprint density at radius 1 is 1.25 bits per heavy atom. The summed E-state index contributed by atoms with van der Waals surface area (Å²) < 4.78 is 0. The predicted octanol–water partition coefficient (Wildman–Crippen LogP) is 6.17. The first-order chi connectivity index (χ1) is 15.5. The van der Waals surface area contributed by atoms with Crippen molar-refractivity contribution in [2.75, 3.05) is 5.73 Å². The number of hydrogen-bond acceptors (Lipinski definition) is 7. The Hall–Kier alpha value is -2.62. The number of hydrogen-bond donors (Lipinski definition) is 2. The summed E-state index contributed by atoms with van der Waals surface area (Å²) in [4.78, 5) is 12.7. The van der Waals surface area contributed by atoms with Gasteiger partial charge in [0, 0.05) is 21.7 Å². The lowest BCUT2D eigenvalue weighted by Crippen LogP contribution is -2.18. The van der Waals surface area contributed by atoms with Crippen LogP contribution in [-0.4, -0.2) is 21.2 Å². The number of nitrogens with two attached hydrogens (primary N) is 1. The Morgan fingerprint density at radius 2 is 1.97 bits per heavy atom. The van der Waals surface area contributed by atoms with Crippen LogP contribution in [0, 0.1) is 17.9 Å². The van der Waals surface area contributed by atoms with Crippen molar-refractivity contribution in [2.45, 2.75) is 48.5 Å². The molecule has 162 valence electrons. The molecule has 1 aliphatic rings. The average molecular weight is 482 g/mol. The van der Waals surface area contributed by atoms with Crippen molar-refractivity contribution >= 4 is 46.2 Å². The molecule has 3 N–H and O–H groups in total. The maximum atomic E-state index is 9.94. The fraction of sp³-hybridized carbons (Fsp3) is 0.304. The highest BCUT2D eigenvalue weighted by Gasteiger charge is 2.29. The summed E-state index contributed by atoms with van der Waals surface area (Å²) >= 11 is 8.92. The van der Waals surface area contributed by atoms with Crippen LogP contribution in [0.1, 0.15) is 48.4 Å². The predicted molar refractivity (Wildman–Crippen MR) is 129 cm³/mol. The summed E-state index contributed by atoms with van der Waals surface area (Å²) in [6.07, 6.45) is 2.44. The summed E-state index contributed by atoms with van der Waals surface area (Å²) in [5, 5.41) is 23.9. The molecule has 0 atom stereocenters. The molecule has 0 amide bonds. The largest absolute Gasteiger partial charge is 0.393 e. The van der Waals surface area contributed by atoms with E-state index in [0.29, 0.717) is 39.8 Å². The van der Waals surface area contributed by atoms with E-state index in [1.807, 2.05) is 29.6 Å². The molecule has 9 heteroatoms. The Bertz CT molecular complexity index is 1200. The van der Waals surface area contributed by atoms with Gasteiger partial charge in [-0.25, -0.2) is 14.8 Å². The number of aromatic nitrogens is 2. The molecule has 1 saturated carbocycles. The molecule has 0 aliphatic heterocycles. The standard InChI is InChI=1S/C23H20ClN5OS2/c1-27-20-19(13-4-8-17(30)9-5-13)18(10-25)23(29-21(20)26)32-12-16-11-31-22(28-16)14-2-6-15(24)7-3-14/h2-3,6-7,11,13,17,30H,4-5,8-9,12H2,(H2,26,29). The van der Waals surface area contributed by atoms with Gasteiger partial charge in [-0.3, -0.25) is 0 Å². The van der Waals surface area contributed by atoms with Crippen LogP contribution in [-0.2, 0) is 5.75 Å². The van der Waals surface area contributed by atoms with Crippen LogP contribution in [0.3, 0.4) is 0 Å². The van der Waals surface area contributed by atoms with Crippen LogP contribution in [0.15, 0.2) is 34.7 Å². The van der Waals surface area contributed by atoms with E-state index in [2.05, 4.69) is 15.9 Å². The summed E-state index contributed by atoms with van der Waals surface area (Å²) in [6, 6.07) is 9.82. The molecule has 0 saturated heterocycles. The molecule has 0 unspecified atom stereocenters. The molecule has 6 nitrogen and oxygen atoms in total. The van der Waals surface area contributed by atoms with Crippen molar-refractivity contribution in [3.05, 3.63) is 62.9 Å². The van der Waals surface area contributed by atoms with Gasteiger partial charge in [-0.2, -0.15) is 5.26 Å². The molecule has 2 heterocycles. The van der Waals surface area contributed by atoms with Crippen LogP contribution in [0.5, 0.6) is 0 Å². The first-order valence-electron chi connectivity index (χ1n) is 10.1. The molecule has 0 spiro atoms. The fourth-order valence-electron chi connectivity index (χ4n) is 3.92. The minimum Gasteiger partial charge on any atom is -0.393 e. The molecule has 1 aliphatic carbocycles. The summed E-state index contributed by atoms with van der Waals surface area (Å²) in [6.45, 7) is 7.58. The van der Waals surface area contributed by atoms with Gasteiger partial charge in [-0.1, -0.05) is 35.5 Å². The fourth-order valence-corrected chi connectivity index (χ4v) is 5.88. The van der Waals surface area contributed by atoms with Gasteiger partial charge in [-0.15, -0.1) is 11.3 Å². The van der Waals surface area contributed by atoms with Gasteiger partial charge >= 0.3 is 0 Å². The zero-order valence-electron chi connectivity index (χ0n) is 17.1. The lowest BCUT2D eigenvalue weighted by Gasteiger charge is -2.28. The third-order valence-electron chi connectivity index (χ3n) is 5.53. The molecule has 3 aromatic rings. The van der Waals surface area contributed by atoms with Crippen LogP contribution < -0.4 is 5.73 Å². The average Bonchev–Trinajstić information content (AvgIpc) is 3.27. The number of aliphatic hydroxyl groups excluding tert-OH is 1. The monoisotopic (exact) mass is 481 g/mol. The number of thioether (sulfide) groups is 1. The second-order valence-corrected chi connectivity index (χ2v) is 9.87. The zero-order chi connectivity index (χ0) is 22.7. The van der Waals surface area contributed by atoms with E-state index >= 15 is 0 Å². The first kappa shape index (κ1) is 22.6. The maximum Gasteiger partial charge on any atom is 0.232 e. The summed E-state index contributed by atoms with van der Waals surface area (Å²) in [5.41, 5.74) is 9.38. The normalized spacial score (nSPS) is 18.1. The quantitative estimate of drug-likeness (QED) is 0.333. The number of nitrogen functional groups attached to an aromatic ring is 1. The Balaban J connectivity index is 1.60. The first-order valence-corrected chi connectivity index (χ1v) is 12.4. The van der Waals surface area contributed by atoms with Crippen LogP contribution >= 0.6 is 34.7 Å². The van der Waals surface area contributed by atoms with E-state index in [9.17, 15) is 10.4 Å². The van der Waals surface area contributed by atoms with Crippen molar-refractivity contribution < 1.29 is 5.11 Å². The maximum absolute atomic E-state index is 9.94. The van der Waals surface area contributed by atoms with Gasteiger partial charge in [0.1, 0.15) is 21.9 Å². The highest BCUT2D eigenvalue weighted by atomic mass is 35.5. The Kier molecular flexibility index (Phi) is 6.98. The van der Waals surface area contributed by atoms with E-state index < -0.39 is 0 Å². The Morgan fingerprint density at radius 3 is 2.62 bits per heavy atom. The number of nitrogens with zero attached hydrogens (tertiary/aromatic N) is 4. The lowest BCUT2D eigenvalue weighted by atomic mass is 9.81. The van der Waals surface area contributed by atoms with Crippen molar-refractivity contribution in [3.63, 3.8) is 0 Å². The van der Waals surface area contributed by atoms with Gasteiger partial charge < -0.3 is 10.8 Å². The molecule has 0 bridgehead atoms. The highest BCUT2D eigenvalue weighted by molar-refractivity contribution is 7.98. The van der Waals surface area contributed by atoms with Crippen molar-refractivity contribution in [2.24, 2.45) is 0 Å². The zero-order valence-corrected chi connectivity index (χ0v) is 19.5. The van der Waals surface area contributed by atoms with Gasteiger partial charge in [0.05, 0.1) is 23.9 Å². The summed E-state index contributed by atoms with van der Waals surface area (Å²) in [7, 11) is 0. The van der Waals surface area contributed by atoms with E-state index in [-0.39, 0.29) is 23.5 Å². The van der Waals surface area contributed by atoms with E-state index in [0.717, 1.165) is 29.1 Å². The van der Waals surface area contributed by atoms with Gasteiger partial charge in [-0.05, 0) is 49.3 Å². The number of pyridine rings is 1. The molecule has 2 aromatic heterocycles. The molecular formula is C23H20ClN5OS2. The van der Waals surface area contributed by atoms with Gasteiger partial charge in [0.15, 0.2) is 0 Å². The topological polar surface area (TPSA) is 100 Å². The van der Waals surface area contributed by atoms with E-state index in [4.69, 9.17) is 28.9 Å². The van der Waals surface area contributed by atoms with Crippen LogP contribution in [0.4, 0.5) is 11.5 Å². The molecule has 32 heavy (non-hydrogen) atoms. The highest BCUT2D eigenvalue weighted by Crippen LogP contribution is 2.44. The van der Waals surface area contributed by atoms with Crippen LogP contribution in [0.25, 0.3) is 15.4 Å². The molecule has 1 fully saturated rings. The number of aliphatic hydroxyl groups is 1. The van der Waals surface area contributed by atoms with Gasteiger partial charge in [0.25, 0.3) is 0 Å². The van der Waals surface area contributed by atoms with E-state index in [1.54, 1.807) is 11.3 Å². The SMILES string of the molecule is [C-]#[N+]c1c(N)nc(SCc2csc(-c3ccc(Cl)cc3)n2)c(C#N)c1C1CCC(O)CC1. The van der Waals surface area contributed by atoms with Gasteiger partial charge in [0.2, 0.25) is 5.69 Å². The third kappa shape index (κ3) is 4.74. The smallest absolute Gasteiger partial charge is 0.232 e. The van der Waals surface area contributed by atoms with Crippen molar-refractivity contribution in [1.82, 2.24) is 9.97 Å². The lowest BCUT2D eigenvalue weighted by molar-refractivity contribution is 0.122. The number of benzene rings is 1. The van der Waals surface area contributed by atoms with Crippen molar-refractivity contribution in [3.8, 4) is 16.6 Å². The Labute approximate surface area is 199 Å².